The Kier molecular flexibility index (Phi) is 5.09. The number of hydrogen-bond donors (Lipinski definition) is 2. The predicted octanol–water partition coefficient (Wildman–Crippen LogP) is 1.86. The van der Waals surface area contributed by atoms with Gasteiger partial charge in [0.05, 0.1) is 12.6 Å². The largest absolute Gasteiger partial charge is 0.393 e. The van der Waals surface area contributed by atoms with Crippen LogP contribution in [-0.2, 0) is 4.79 Å². The summed E-state index contributed by atoms with van der Waals surface area (Å²) in [7, 11) is 0. The van der Waals surface area contributed by atoms with E-state index in [0.29, 0.717) is 18.7 Å². The van der Waals surface area contributed by atoms with Gasteiger partial charge in [-0.3, -0.25) is 9.69 Å². The van der Waals surface area contributed by atoms with Crippen molar-refractivity contribution < 1.29 is 14.3 Å². The lowest BCUT2D eigenvalue weighted by molar-refractivity contribution is -0.118. The van der Waals surface area contributed by atoms with Crippen molar-refractivity contribution in [1.82, 2.24) is 4.90 Å². The molecule has 2 N–H and O–H groups in total. The summed E-state index contributed by atoms with van der Waals surface area (Å²) in [6, 6.07) is 5.87. The number of anilines is 1. The number of carbonyl (C=O) groups is 1. The molecule has 2 rings (SSSR count). The maximum absolute atomic E-state index is 13.0. The van der Waals surface area contributed by atoms with Crippen LogP contribution in [0.15, 0.2) is 24.3 Å². The molecule has 110 valence electrons. The van der Waals surface area contributed by atoms with Crippen LogP contribution >= 0.6 is 0 Å². The summed E-state index contributed by atoms with van der Waals surface area (Å²) < 4.78 is 13.0. The molecule has 4 nitrogen and oxygen atoms in total. The van der Waals surface area contributed by atoms with Gasteiger partial charge < -0.3 is 10.4 Å². The van der Waals surface area contributed by atoms with Crippen molar-refractivity contribution in [2.45, 2.75) is 25.9 Å². The monoisotopic (exact) mass is 280 g/mol. The van der Waals surface area contributed by atoms with Crippen LogP contribution in [0.2, 0.25) is 0 Å². The Morgan fingerprint density at radius 3 is 3.05 bits per heavy atom. The van der Waals surface area contributed by atoms with Gasteiger partial charge in [-0.25, -0.2) is 4.39 Å². The zero-order chi connectivity index (χ0) is 14.5. The molecule has 5 heteroatoms. The molecule has 1 aliphatic rings. The van der Waals surface area contributed by atoms with E-state index in [1.165, 1.54) is 12.1 Å². The highest BCUT2D eigenvalue weighted by Gasteiger charge is 2.27. The van der Waals surface area contributed by atoms with E-state index in [-0.39, 0.29) is 30.3 Å². The lowest BCUT2D eigenvalue weighted by Crippen LogP contribution is -2.45. The molecule has 20 heavy (non-hydrogen) atoms. The summed E-state index contributed by atoms with van der Waals surface area (Å²) in [5.74, 6) is -0.289. The molecule has 1 amide bonds. The van der Waals surface area contributed by atoms with Crippen LogP contribution in [0.25, 0.3) is 0 Å². The van der Waals surface area contributed by atoms with Crippen LogP contribution in [0.5, 0.6) is 0 Å². The number of nitrogens with zero attached hydrogens (tertiary/aromatic N) is 1. The zero-order valence-electron chi connectivity index (χ0n) is 11.7. The average Bonchev–Trinajstić information content (AvgIpc) is 2.41. The highest BCUT2D eigenvalue weighted by molar-refractivity contribution is 5.92. The predicted molar refractivity (Wildman–Crippen MR) is 75.9 cm³/mol. The molecule has 1 aromatic rings. The van der Waals surface area contributed by atoms with Gasteiger partial charge in [0.2, 0.25) is 5.91 Å². The van der Waals surface area contributed by atoms with Crippen LogP contribution in [0.1, 0.15) is 19.8 Å². The van der Waals surface area contributed by atoms with Gasteiger partial charge >= 0.3 is 0 Å². The fraction of sp³-hybridized carbons (Fsp3) is 0.533. The van der Waals surface area contributed by atoms with E-state index in [4.69, 9.17) is 0 Å². The number of likely N-dealkylation sites (tertiary alicyclic amines) is 1. The van der Waals surface area contributed by atoms with Crippen molar-refractivity contribution in [2.24, 2.45) is 5.92 Å². The molecule has 2 unspecified atom stereocenters. The van der Waals surface area contributed by atoms with Gasteiger partial charge in [0.25, 0.3) is 0 Å². The summed E-state index contributed by atoms with van der Waals surface area (Å²) in [5, 5.41) is 12.5. The van der Waals surface area contributed by atoms with Crippen molar-refractivity contribution in [2.75, 3.05) is 25.0 Å². The van der Waals surface area contributed by atoms with E-state index >= 15 is 0 Å². The molecule has 2 atom stereocenters. The van der Waals surface area contributed by atoms with Gasteiger partial charge in [-0.05, 0) is 37.0 Å². The third-order valence-electron chi connectivity index (χ3n) is 3.78. The van der Waals surface area contributed by atoms with E-state index in [1.807, 2.05) is 11.8 Å². The van der Waals surface area contributed by atoms with Crippen molar-refractivity contribution in [3.8, 4) is 0 Å². The van der Waals surface area contributed by atoms with Crippen molar-refractivity contribution in [3.63, 3.8) is 0 Å². The summed E-state index contributed by atoms with van der Waals surface area (Å²) in [4.78, 5) is 14.0. The molecule has 0 aliphatic carbocycles. The Morgan fingerprint density at radius 2 is 2.35 bits per heavy atom. The summed E-state index contributed by atoms with van der Waals surface area (Å²) >= 11 is 0. The molecule has 1 saturated heterocycles. The van der Waals surface area contributed by atoms with Crippen LogP contribution in [0, 0.1) is 11.7 Å². The summed E-state index contributed by atoms with van der Waals surface area (Å²) in [6.45, 7) is 3.77. The standard InChI is InChI=1S/C15H21FN2O2/c1-2-11-9-18(7-6-14(11)19)10-15(20)17-13-5-3-4-12(16)8-13/h3-5,8,11,14,19H,2,6-7,9-10H2,1H3,(H,17,20). The van der Waals surface area contributed by atoms with E-state index < -0.39 is 0 Å². The molecule has 0 spiro atoms. The topological polar surface area (TPSA) is 52.6 Å². The second-order valence-electron chi connectivity index (χ2n) is 5.32. The Balaban J connectivity index is 1.85. The Labute approximate surface area is 118 Å². The SMILES string of the molecule is CCC1CN(CC(=O)Nc2cccc(F)c2)CCC1O. The number of benzene rings is 1. The van der Waals surface area contributed by atoms with E-state index in [1.54, 1.807) is 12.1 Å². The highest BCUT2D eigenvalue weighted by atomic mass is 19.1. The summed E-state index contributed by atoms with van der Waals surface area (Å²) in [6.07, 6.45) is 1.34. The quantitative estimate of drug-likeness (QED) is 0.885. The van der Waals surface area contributed by atoms with Gasteiger partial charge in [-0.15, -0.1) is 0 Å². The first-order chi connectivity index (χ1) is 9.58. The number of piperidine rings is 1. The Morgan fingerprint density at radius 1 is 1.55 bits per heavy atom. The van der Waals surface area contributed by atoms with E-state index in [0.717, 1.165) is 13.0 Å². The van der Waals surface area contributed by atoms with Gasteiger partial charge in [0.15, 0.2) is 0 Å². The maximum Gasteiger partial charge on any atom is 0.238 e. The van der Waals surface area contributed by atoms with Gasteiger partial charge in [-0.1, -0.05) is 13.0 Å². The third kappa shape index (κ3) is 4.02. The van der Waals surface area contributed by atoms with E-state index in [9.17, 15) is 14.3 Å². The first kappa shape index (κ1) is 14.9. The smallest absolute Gasteiger partial charge is 0.238 e. The molecule has 0 saturated carbocycles. The van der Waals surface area contributed by atoms with Gasteiger partial charge in [0.1, 0.15) is 5.82 Å². The Hall–Kier alpha value is -1.46. The average molecular weight is 280 g/mol. The van der Waals surface area contributed by atoms with Gasteiger partial charge in [-0.2, -0.15) is 0 Å². The molecular formula is C15H21FN2O2. The van der Waals surface area contributed by atoms with Gasteiger partial charge in [0, 0.05) is 18.8 Å². The number of carbonyl (C=O) groups excluding carboxylic acids is 1. The number of hydrogen-bond acceptors (Lipinski definition) is 3. The van der Waals surface area contributed by atoms with Crippen molar-refractivity contribution >= 4 is 11.6 Å². The van der Waals surface area contributed by atoms with Crippen molar-refractivity contribution in [3.05, 3.63) is 30.1 Å². The van der Waals surface area contributed by atoms with E-state index in [2.05, 4.69) is 5.32 Å². The second kappa shape index (κ2) is 6.81. The number of nitrogens with one attached hydrogen (secondary N) is 1. The molecule has 1 aliphatic heterocycles. The fourth-order valence-corrected chi connectivity index (χ4v) is 2.61. The molecule has 1 fully saturated rings. The lowest BCUT2D eigenvalue weighted by atomic mass is 9.92. The minimum atomic E-state index is -0.366. The fourth-order valence-electron chi connectivity index (χ4n) is 2.61. The molecule has 1 aromatic carbocycles. The number of halogens is 1. The lowest BCUT2D eigenvalue weighted by Gasteiger charge is -2.35. The third-order valence-corrected chi connectivity index (χ3v) is 3.78. The number of aliphatic hydroxyl groups is 1. The zero-order valence-corrected chi connectivity index (χ0v) is 11.7. The second-order valence-corrected chi connectivity index (χ2v) is 5.32. The minimum absolute atomic E-state index is 0.151. The first-order valence-corrected chi connectivity index (χ1v) is 7.04. The van der Waals surface area contributed by atoms with Crippen LogP contribution in [-0.4, -0.2) is 41.7 Å². The number of rotatable bonds is 4. The molecule has 1 heterocycles. The summed E-state index contributed by atoms with van der Waals surface area (Å²) in [5.41, 5.74) is 0.471. The van der Waals surface area contributed by atoms with Crippen molar-refractivity contribution in [1.29, 1.82) is 0 Å². The number of aliphatic hydroxyl groups excluding tert-OH is 1. The molecule has 0 radical (unpaired) electrons. The first-order valence-electron chi connectivity index (χ1n) is 7.04. The van der Waals surface area contributed by atoms with Crippen LogP contribution < -0.4 is 5.32 Å². The highest BCUT2D eigenvalue weighted by Crippen LogP contribution is 2.19. The molecule has 0 bridgehead atoms. The van der Waals surface area contributed by atoms with Crippen LogP contribution in [0.4, 0.5) is 10.1 Å². The normalized spacial score (nSPS) is 23.6. The molecule has 0 aromatic heterocycles. The molecular weight excluding hydrogens is 259 g/mol. The minimum Gasteiger partial charge on any atom is -0.393 e. The maximum atomic E-state index is 13.0. The number of amides is 1. The Bertz CT molecular complexity index is 467. The van der Waals surface area contributed by atoms with Crippen LogP contribution in [0.3, 0.4) is 0 Å².